The van der Waals surface area contributed by atoms with Gasteiger partial charge in [-0.3, -0.25) is 9.78 Å². The molecule has 0 atom stereocenters. The zero-order valence-electron chi connectivity index (χ0n) is 10.6. The summed E-state index contributed by atoms with van der Waals surface area (Å²) in [6, 6.07) is 3.70. The third kappa shape index (κ3) is 2.53. The first-order chi connectivity index (χ1) is 9.75. The molecule has 2 aromatic heterocycles. The fourth-order valence-corrected chi connectivity index (χ4v) is 2.05. The fraction of sp³-hybridized carbons (Fsp3) is 0.167. The Morgan fingerprint density at radius 3 is 3.05 bits per heavy atom. The molecule has 0 fully saturated rings. The van der Waals surface area contributed by atoms with Crippen LogP contribution in [0.25, 0.3) is 0 Å². The molecule has 0 saturated heterocycles. The van der Waals surface area contributed by atoms with Crippen LogP contribution in [0.15, 0.2) is 35.5 Å². The Balaban J connectivity index is 0.000000121. The van der Waals surface area contributed by atoms with Crippen LogP contribution in [0, 0.1) is 0 Å². The topological polar surface area (TPSA) is 84.4 Å². The van der Waals surface area contributed by atoms with Gasteiger partial charge in [-0.05, 0) is 23.3 Å². The van der Waals surface area contributed by atoms with Crippen LogP contribution in [0.4, 0.5) is 0 Å². The maximum absolute atomic E-state index is 10.9. The summed E-state index contributed by atoms with van der Waals surface area (Å²) in [6.07, 6.45) is 4.96. The molecule has 8 heteroatoms. The molecule has 0 amide bonds. The van der Waals surface area contributed by atoms with Crippen LogP contribution in [0.3, 0.4) is 0 Å². The number of hydrogen-bond acceptors (Lipinski definition) is 5. The molecule has 6 nitrogen and oxygen atoms in total. The monoisotopic (exact) mass is 269 g/mol. The molecule has 2 aliphatic heterocycles. The van der Waals surface area contributed by atoms with Gasteiger partial charge in [-0.1, -0.05) is 0 Å². The Morgan fingerprint density at radius 1 is 1.35 bits per heavy atom. The zero-order chi connectivity index (χ0) is 13.9. The molecule has 20 heavy (non-hydrogen) atoms. The number of pyridine rings is 2. The van der Waals surface area contributed by atoms with Crippen LogP contribution < -0.4 is 16.5 Å². The quantitative estimate of drug-likeness (QED) is 0.565. The van der Waals surface area contributed by atoms with Crippen molar-refractivity contribution in [3.8, 4) is 0 Å². The summed E-state index contributed by atoms with van der Waals surface area (Å²) in [6.45, 7) is 1.03. The second-order valence-corrected chi connectivity index (χ2v) is 4.41. The van der Waals surface area contributed by atoms with Gasteiger partial charge in [0, 0.05) is 29.5 Å². The molecular weight excluding hydrogens is 258 g/mol. The van der Waals surface area contributed by atoms with E-state index < -0.39 is 7.12 Å². The lowest BCUT2D eigenvalue weighted by Crippen LogP contribution is -2.31. The average Bonchev–Trinajstić information content (AvgIpc) is 3.08. The van der Waals surface area contributed by atoms with Crippen LogP contribution in [0.1, 0.15) is 11.1 Å². The molecule has 0 spiro atoms. The van der Waals surface area contributed by atoms with Crippen molar-refractivity contribution in [2.24, 2.45) is 0 Å². The van der Waals surface area contributed by atoms with Crippen molar-refractivity contribution in [3.63, 3.8) is 0 Å². The number of fused-ring (bicyclic) bond motifs is 2. The number of nitrogens with one attached hydrogen (secondary N) is 1. The summed E-state index contributed by atoms with van der Waals surface area (Å²) in [5, 5.41) is 9.12. The summed E-state index contributed by atoms with van der Waals surface area (Å²) in [7, 11) is 0.734. The van der Waals surface area contributed by atoms with E-state index in [0.29, 0.717) is 18.7 Å². The smallest absolute Gasteiger partial charge is 0.430 e. The van der Waals surface area contributed by atoms with Crippen LogP contribution >= 0.6 is 0 Å². The van der Waals surface area contributed by atoms with Crippen molar-refractivity contribution < 1.29 is 14.3 Å². The summed E-state index contributed by atoms with van der Waals surface area (Å²) in [5.74, 6) is 0. The minimum Gasteiger partial charge on any atom is -0.430 e. The van der Waals surface area contributed by atoms with E-state index in [0.717, 1.165) is 16.6 Å². The Morgan fingerprint density at radius 2 is 2.25 bits per heavy atom. The number of aromatic nitrogens is 2. The summed E-state index contributed by atoms with van der Waals surface area (Å²) in [4.78, 5) is 17.4. The van der Waals surface area contributed by atoms with Gasteiger partial charge in [0.15, 0.2) is 0 Å². The molecule has 0 aromatic carbocycles. The van der Waals surface area contributed by atoms with E-state index in [-0.39, 0.29) is 5.56 Å². The van der Waals surface area contributed by atoms with E-state index in [1.54, 1.807) is 18.6 Å². The number of aromatic amines is 1. The van der Waals surface area contributed by atoms with Gasteiger partial charge in [0.05, 0.1) is 13.2 Å². The predicted octanol–water partition coefficient (Wildman–Crippen LogP) is -1.55. The fourth-order valence-electron chi connectivity index (χ4n) is 2.05. The van der Waals surface area contributed by atoms with Gasteiger partial charge in [-0.2, -0.15) is 0 Å². The minimum absolute atomic E-state index is 0.0741. The minimum atomic E-state index is -0.760. The second-order valence-electron chi connectivity index (χ2n) is 4.41. The number of H-pyrrole nitrogens is 1. The van der Waals surface area contributed by atoms with E-state index in [2.05, 4.69) is 9.97 Å². The van der Waals surface area contributed by atoms with E-state index in [4.69, 9.17) is 14.3 Å². The molecule has 2 aliphatic rings. The third-order valence-corrected chi connectivity index (χ3v) is 3.14. The van der Waals surface area contributed by atoms with E-state index in [1.165, 1.54) is 7.48 Å². The standard InChI is InChI=1S/C6H6BNO2.C6H5BNO2/c9-7-6-3-8-2-1-5(6)4-10-7;9-6-5-4(1-2-8-6)3-10-7-5/h1-3,9H,4H2;1-2H,3H2,(H,8,9). The van der Waals surface area contributed by atoms with Crippen LogP contribution in [-0.4, -0.2) is 29.6 Å². The highest BCUT2D eigenvalue weighted by Gasteiger charge is 2.26. The molecule has 4 rings (SSSR count). The number of rotatable bonds is 0. The second kappa shape index (κ2) is 5.62. The molecule has 4 heterocycles. The Bertz CT molecular complexity index is 677. The van der Waals surface area contributed by atoms with Gasteiger partial charge >= 0.3 is 14.6 Å². The molecule has 0 unspecified atom stereocenters. The van der Waals surface area contributed by atoms with Crippen molar-refractivity contribution in [2.45, 2.75) is 13.2 Å². The highest BCUT2D eigenvalue weighted by atomic mass is 16.5. The average molecular weight is 269 g/mol. The molecule has 2 N–H and O–H groups in total. The van der Waals surface area contributed by atoms with Crippen LogP contribution in [-0.2, 0) is 22.5 Å². The van der Waals surface area contributed by atoms with Crippen molar-refractivity contribution >= 4 is 25.5 Å². The Hall–Kier alpha value is -1.89. The maximum atomic E-state index is 10.9. The van der Waals surface area contributed by atoms with Crippen molar-refractivity contribution in [2.75, 3.05) is 0 Å². The molecule has 0 bridgehead atoms. The first-order valence-corrected chi connectivity index (χ1v) is 6.13. The van der Waals surface area contributed by atoms with Gasteiger partial charge in [0.25, 0.3) is 0 Å². The number of nitrogens with zero attached hydrogens (tertiary/aromatic N) is 1. The normalized spacial score (nSPS) is 14.9. The van der Waals surface area contributed by atoms with Crippen LogP contribution in [0.2, 0.25) is 0 Å². The summed E-state index contributed by atoms with van der Waals surface area (Å²) < 4.78 is 9.89. The van der Waals surface area contributed by atoms with Crippen molar-refractivity contribution in [1.82, 2.24) is 9.97 Å². The van der Waals surface area contributed by atoms with E-state index in [9.17, 15) is 4.79 Å². The lowest BCUT2D eigenvalue weighted by Gasteiger charge is -1.92. The maximum Gasteiger partial charge on any atom is 0.493 e. The highest BCUT2D eigenvalue weighted by molar-refractivity contribution is 6.61. The first-order valence-electron chi connectivity index (χ1n) is 6.13. The van der Waals surface area contributed by atoms with E-state index in [1.807, 2.05) is 12.1 Å². The number of hydrogen-bond donors (Lipinski definition) is 2. The van der Waals surface area contributed by atoms with Gasteiger partial charge in [0.1, 0.15) is 0 Å². The lowest BCUT2D eigenvalue weighted by molar-refractivity contribution is 0.275. The van der Waals surface area contributed by atoms with Crippen molar-refractivity contribution in [3.05, 3.63) is 52.2 Å². The largest absolute Gasteiger partial charge is 0.493 e. The van der Waals surface area contributed by atoms with Gasteiger partial charge in [0.2, 0.25) is 5.56 Å². The third-order valence-electron chi connectivity index (χ3n) is 3.14. The Labute approximate surface area is 116 Å². The summed E-state index contributed by atoms with van der Waals surface area (Å²) in [5.41, 5.74) is 3.37. The van der Waals surface area contributed by atoms with Gasteiger partial charge in [-0.25, -0.2) is 0 Å². The molecule has 2 aromatic rings. The lowest BCUT2D eigenvalue weighted by atomic mass is 9.81. The van der Waals surface area contributed by atoms with Gasteiger partial charge < -0.3 is 19.3 Å². The SMILES string of the molecule is O=c1[nH]ccc2c1[B]OC2.OB1OCc2ccncc21. The molecule has 1 radical (unpaired) electrons. The predicted molar refractivity (Wildman–Crippen MR) is 73.9 cm³/mol. The van der Waals surface area contributed by atoms with Crippen LogP contribution in [0.5, 0.6) is 0 Å². The summed E-state index contributed by atoms with van der Waals surface area (Å²) >= 11 is 0. The molecule has 0 saturated carbocycles. The van der Waals surface area contributed by atoms with E-state index >= 15 is 0 Å². The Kier molecular flexibility index (Phi) is 3.68. The first kappa shape index (κ1) is 13.1. The molecular formula is C12H11B2N2O4. The van der Waals surface area contributed by atoms with Crippen molar-refractivity contribution in [1.29, 1.82) is 0 Å². The highest BCUT2D eigenvalue weighted by Crippen LogP contribution is 2.06. The molecule has 99 valence electrons. The zero-order valence-corrected chi connectivity index (χ0v) is 10.6. The molecule has 0 aliphatic carbocycles. The van der Waals surface area contributed by atoms with Gasteiger partial charge in [-0.15, -0.1) is 0 Å².